The van der Waals surface area contributed by atoms with Gasteiger partial charge in [-0.1, -0.05) is 64.8 Å². The van der Waals surface area contributed by atoms with Gasteiger partial charge in [-0.2, -0.15) is 0 Å². The zero-order chi connectivity index (χ0) is 14.0. The summed E-state index contributed by atoms with van der Waals surface area (Å²) < 4.78 is 1.14. The maximum Gasteiger partial charge on any atom is 0.0529 e. The van der Waals surface area contributed by atoms with Crippen LogP contribution < -0.4 is 0 Å². The second-order valence-electron chi connectivity index (χ2n) is 5.75. The van der Waals surface area contributed by atoms with Crippen molar-refractivity contribution in [1.82, 2.24) is 0 Å². The van der Waals surface area contributed by atoms with Crippen LogP contribution >= 0.6 is 43.2 Å². The van der Waals surface area contributed by atoms with Crippen molar-refractivity contribution in [3.63, 3.8) is 0 Å². The summed E-state index contributed by atoms with van der Waals surface area (Å²) in [6.45, 7) is 6.79. The lowest BCUT2D eigenvalue weighted by Crippen LogP contribution is -2.07. The molecule has 0 aliphatic carbocycles. The van der Waals surface area contributed by atoms with Crippen molar-refractivity contribution in [2.24, 2.45) is 0 Å². The first-order valence-corrected chi connectivity index (χ1v) is 8.87. The Bertz CT molecular complexity index is 552. The molecule has 0 aliphatic rings. The van der Waals surface area contributed by atoms with Gasteiger partial charge in [-0.3, -0.25) is 0 Å². The molecule has 0 fully saturated rings. The van der Waals surface area contributed by atoms with Crippen LogP contribution in [0.1, 0.15) is 40.9 Å². The Hall–Kier alpha value is -0.120. The minimum Gasteiger partial charge on any atom is -0.144 e. The highest BCUT2D eigenvalue weighted by Gasteiger charge is 2.18. The fourth-order valence-corrected chi connectivity index (χ4v) is 4.19. The first-order valence-electron chi connectivity index (χ1n) is 6.35. The maximum atomic E-state index is 3.82. The van der Waals surface area contributed by atoms with Crippen LogP contribution in [0.25, 0.3) is 0 Å². The molecule has 1 atom stereocenters. The van der Waals surface area contributed by atoms with E-state index in [1.54, 1.807) is 0 Å². The molecule has 102 valence electrons. The summed E-state index contributed by atoms with van der Waals surface area (Å²) in [6, 6.07) is 13.0. The van der Waals surface area contributed by atoms with Gasteiger partial charge in [0.15, 0.2) is 0 Å². The molecule has 2 aromatic rings. The quantitative estimate of drug-likeness (QED) is 0.515. The van der Waals surface area contributed by atoms with Gasteiger partial charge in [-0.15, -0.1) is 11.3 Å². The molecule has 2 rings (SSSR count). The standard InChI is InChI=1S/C16H18Br2S/c1-16(2,3)15-8-7-14(19-15)13(18)10-11-5-4-6-12(17)9-11/h4-9,13H,10H2,1-3H3. The molecule has 0 amide bonds. The van der Waals surface area contributed by atoms with Gasteiger partial charge in [0.2, 0.25) is 0 Å². The van der Waals surface area contributed by atoms with E-state index >= 15 is 0 Å². The number of thiophene rings is 1. The Kier molecular flexibility index (Phi) is 4.91. The van der Waals surface area contributed by atoms with Gasteiger partial charge in [0, 0.05) is 14.2 Å². The minimum absolute atomic E-state index is 0.241. The SMILES string of the molecule is CC(C)(C)c1ccc(C(Br)Cc2cccc(Br)c2)s1. The molecule has 0 saturated heterocycles. The summed E-state index contributed by atoms with van der Waals surface area (Å²) in [6.07, 6.45) is 1.02. The molecule has 3 heteroatoms. The third-order valence-electron chi connectivity index (χ3n) is 2.98. The lowest BCUT2D eigenvalue weighted by molar-refractivity contribution is 0.604. The number of benzene rings is 1. The molecule has 19 heavy (non-hydrogen) atoms. The summed E-state index contributed by atoms with van der Waals surface area (Å²) in [7, 11) is 0. The highest BCUT2D eigenvalue weighted by molar-refractivity contribution is 9.10. The highest BCUT2D eigenvalue weighted by atomic mass is 79.9. The second kappa shape index (κ2) is 6.11. The first-order chi connectivity index (χ1) is 8.86. The van der Waals surface area contributed by atoms with E-state index in [4.69, 9.17) is 0 Å². The number of alkyl halides is 1. The Morgan fingerprint density at radius 1 is 1.16 bits per heavy atom. The Balaban J connectivity index is 2.12. The zero-order valence-corrected chi connectivity index (χ0v) is 15.4. The van der Waals surface area contributed by atoms with E-state index in [0.29, 0.717) is 4.83 Å². The van der Waals surface area contributed by atoms with Crippen molar-refractivity contribution in [3.8, 4) is 0 Å². The van der Waals surface area contributed by atoms with E-state index < -0.39 is 0 Å². The van der Waals surface area contributed by atoms with Crippen molar-refractivity contribution < 1.29 is 0 Å². The summed E-state index contributed by atoms with van der Waals surface area (Å²) in [5, 5.41) is 0. The van der Waals surface area contributed by atoms with Crippen LogP contribution in [-0.4, -0.2) is 0 Å². The highest BCUT2D eigenvalue weighted by Crippen LogP contribution is 2.37. The minimum atomic E-state index is 0.241. The second-order valence-corrected chi connectivity index (χ2v) is 8.89. The lowest BCUT2D eigenvalue weighted by Gasteiger charge is -2.15. The predicted molar refractivity (Wildman–Crippen MR) is 92.5 cm³/mol. The van der Waals surface area contributed by atoms with Gasteiger partial charge in [-0.05, 0) is 41.7 Å². The van der Waals surface area contributed by atoms with Crippen LogP contribution in [0.15, 0.2) is 40.9 Å². The summed E-state index contributed by atoms with van der Waals surface area (Å²) in [5.41, 5.74) is 1.59. The average Bonchev–Trinajstić information content (AvgIpc) is 2.77. The third kappa shape index (κ3) is 4.17. The van der Waals surface area contributed by atoms with E-state index in [1.807, 2.05) is 11.3 Å². The fraction of sp³-hybridized carbons (Fsp3) is 0.375. The van der Waals surface area contributed by atoms with Gasteiger partial charge < -0.3 is 0 Å². The van der Waals surface area contributed by atoms with Gasteiger partial charge >= 0.3 is 0 Å². The van der Waals surface area contributed by atoms with Crippen molar-refractivity contribution in [2.45, 2.75) is 37.4 Å². The van der Waals surface area contributed by atoms with Gasteiger partial charge in [0.05, 0.1) is 4.83 Å². The monoisotopic (exact) mass is 400 g/mol. The van der Waals surface area contributed by atoms with Crippen molar-refractivity contribution >= 4 is 43.2 Å². The Morgan fingerprint density at radius 3 is 2.47 bits per heavy atom. The van der Waals surface area contributed by atoms with Crippen LogP contribution in [0.3, 0.4) is 0 Å². The number of halogens is 2. The molecule has 0 saturated carbocycles. The molecule has 0 nitrogen and oxygen atoms in total. The van der Waals surface area contributed by atoms with Crippen molar-refractivity contribution in [3.05, 3.63) is 56.2 Å². The number of hydrogen-bond donors (Lipinski definition) is 0. The Labute approximate surface area is 136 Å². The largest absolute Gasteiger partial charge is 0.144 e. The van der Waals surface area contributed by atoms with Crippen molar-refractivity contribution in [1.29, 1.82) is 0 Å². The summed E-state index contributed by atoms with van der Waals surface area (Å²) in [4.78, 5) is 3.24. The third-order valence-corrected chi connectivity index (χ3v) is 6.22. The molecule has 1 heterocycles. The lowest BCUT2D eigenvalue weighted by atomic mass is 9.95. The topological polar surface area (TPSA) is 0 Å². The molecule has 0 bridgehead atoms. The van der Waals surface area contributed by atoms with Crippen LogP contribution in [0.4, 0.5) is 0 Å². The maximum absolute atomic E-state index is 3.82. The number of hydrogen-bond acceptors (Lipinski definition) is 1. The van der Waals surface area contributed by atoms with Crippen LogP contribution in [0.5, 0.6) is 0 Å². The van der Waals surface area contributed by atoms with E-state index in [9.17, 15) is 0 Å². The van der Waals surface area contributed by atoms with E-state index in [0.717, 1.165) is 10.9 Å². The molecule has 0 N–H and O–H groups in total. The molecular weight excluding hydrogens is 384 g/mol. The average molecular weight is 402 g/mol. The summed E-state index contributed by atoms with van der Waals surface area (Å²) in [5.74, 6) is 0. The molecule has 0 aliphatic heterocycles. The van der Waals surface area contributed by atoms with Crippen molar-refractivity contribution in [2.75, 3.05) is 0 Å². The smallest absolute Gasteiger partial charge is 0.0529 e. The molecular formula is C16H18Br2S. The van der Waals surface area contributed by atoms with Gasteiger partial charge in [0.25, 0.3) is 0 Å². The van der Waals surface area contributed by atoms with E-state index in [-0.39, 0.29) is 5.41 Å². The van der Waals surface area contributed by atoms with Crippen LogP contribution in [0.2, 0.25) is 0 Å². The molecule has 1 unspecified atom stereocenters. The van der Waals surface area contributed by atoms with Crippen LogP contribution in [-0.2, 0) is 11.8 Å². The molecule has 1 aromatic heterocycles. The first kappa shape index (κ1) is 15.3. The van der Waals surface area contributed by atoms with Gasteiger partial charge in [0.1, 0.15) is 0 Å². The summed E-state index contributed by atoms with van der Waals surface area (Å²) >= 11 is 9.26. The zero-order valence-electron chi connectivity index (χ0n) is 11.4. The molecule has 1 aromatic carbocycles. The Morgan fingerprint density at radius 2 is 1.89 bits per heavy atom. The fourth-order valence-electron chi connectivity index (χ4n) is 1.90. The van der Waals surface area contributed by atoms with E-state index in [2.05, 4.69) is 89.0 Å². The number of rotatable bonds is 3. The van der Waals surface area contributed by atoms with Crippen LogP contribution in [0, 0.1) is 0 Å². The normalized spacial score (nSPS) is 13.5. The van der Waals surface area contributed by atoms with Gasteiger partial charge in [-0.25, -0.2) is 0 Å². The predicted octanol–water partition coefficient (Wildman–Crippen LogP) is 6.49. The van der Waals surface area contributed by atoms with E-state index in [1.165, 1.54) is 15.3 Å². The molecule has 0 spiro atoms. The molecule has 0 radical (unpaired) electrons.